The Morgan fingerprint density at radius 3 is 2.77 bits per heavy atom. The van der Waals surface area contributed by atoms with Gasteiger partial charge in [-0.3, -0.25) is 14.5 Å². The second-order valence-corrected chi connectivity index (χ2v) is 8.25. The first-order valence-electron chi connectivity index (χ1n) is 10.4. The molecule has 0 radical (unpaired) electrons. The highest BCUT2D eigenvalue weighted by Crippen LogP contribution is 2.20. The third-order valence-corrected chi connectivity index (χ3v) is 5.79. The van der Waals surface area contributed by atoms with Crippen LogP contribution in [0, 0.1) is 11.7 Å². The lowest BCUT2D eigenvalue weighted by Gasteiger charge is -2.34. The molecule has 1 fully saturated rings. The van der Waals surface area contributed by atoms with E-state index in [-0.39, 0.29) is 12.5 Å². The second kappa shape index (κ2) is 9.40. The molecular formula is C22H27N7OS. The summed E-state index contributed by atoms with van der Waals surface area (Å²) in [5.41, 5.74) is 3.05. The number of nitrogens with one attached hydrogen (secondary N) is 2. The second-order valence-electron chi connectivity index (χ2n) is 7.86. The van der Waals surface area contributed by atoms with Gasteiger partial charge in [-0.1, -0.05) is 29.8 Å². The van der Waals surface area contributed by atoms with E-state index in [1.54, 1.807) is 10.8 Å². The van der Waals surface area contributed by atoms with E-state index in [9.17, 15) is 4.79 Å². The van der Waals surface area contributed by atoms with Gasteiger partial charge >= 0.3 is 0 Å². The van der Waals surface area contributed by atoms with Gasteiger partial charge in [0.15, 0.2) is 10.6 Å². The van der Waals surface area contributed by atoms with Gasteiger partial charge in [0.05, 0.1) is 0 Å². The summed E-state index contributed by atoms with van der Waals surface area (Å²) in [6, 6.07) is 11.9. The molecule has 3 heterocycles. The summed E-state index contributed by atoms with van der Waals surface area (Å²) in [7, 11) is 2.13. The number of nitrogens with zero attached hydrogens (tertiary/aromatic N) is 5. The summed E-state index contributed by atoms with van der Waals surface area (Å²) in [4.78, 5) is 21.9. The Bertz CT molecular complexity index is 1110. The Morgan fingerprint density at radius 2 is 2.00 bits per heavy atom. The SMILES string of the molecule is Cc1cccc(-c2n[nH]c(=S)n2CC(=O)NCc2cccnc2N2CCN(C)CC2)c1. The predicted octanol–water partition coefficient (Wildman–Crippen LogP) is 2.38. The first-order valence-corrected chi connectivity index (χ1v) is 10.8. The molecule has 31 heavy (non-hydrogen) atoms. The first kappa shape index (κ1) is 21.2. The predicted molar refractivity (Wildman–Crippen MR) is 123 cm³/mol. The van der Waals surface area contributed by atoms with Crippen LogP contribution in [0.15, 0.2) is 42.6 Å². The number of pyridine rings is 1. The number of hydrogen-bond acceptors (Lipinski definition) is 6. The Kier molecular flexibility index (Phi) is 6.43. The minimum absolute atomic E-state index is 0.0999. The topological polar surface area (TPSA) is 82.1 Å². The van der Waals surface area contributed by atoms with Crippen LogP contribution in [0.25, 0.3) is 11.4 Å². The summed E-state index contributed by atoms with van der Waals surface area (Å²) < 4.78 is 2.15. The molecule has 1 aliphatic heterocycles. The molecule has 1 aromatic carbocycles. The van der Waals surface area contributed by atoms with E-state index in [1.807, 2.05) is 43.3 Å². The van der Waals surface area contributed by atoms with Gasteiger partial charge in [0.25, 0.3) is 0 Å². The van der Waals surface area contributed by atoms with Gasteiger partial charge < -0.3 is 15.1 Å². The van der Waals surface area contributed by atoms with E-state index in [0.717, 1.165) is 48.7 Å². The molecule has 1 saturated heterocycles. The Labute approximate surface area is 186 Å². The van der Waals surface area contributed by atoms with Crippen molar-refractivity contribution in [1.29, 1.82) is 0 Å². The third kappa shape index (κ3) is 5.00. The molecule has 4 rings (SSSR count). The maximum atomic E-state index is 12.8. The fraction of sp³-hybridized carbons (Fsp3) is 0.364. The van der Waals surface area contributed by atoms with Crippen LogP contribution in [0.5, 0.6) is 0 Å². The molecule has 9 heteroatoms. The summed E-state index contributed by atoms with van der Waals surface area (Å²) in [5, 5.41) is 10.1. The zero-order valence-corrected chi connectivity index (χ0v) is 18.7. The number of aryl methyl sites for hydroxylation is 1. The number of carbonyl (C=O) groups is 1. The zero-order valence-electron chi connectivity index (χ0n) is 17.8. The number of H-pyrrole nitrogens is 1. The molecule has 8 nitrogen and oxygen atoms in total. The van der Waals surface area contributed by atoms with Crippen molar-refractivity contribution in [3.8, 4) is 11.4 Å². The van der Waals surface area contributed by atoms with Crippen LogP contribution in [-0.4, -0.2) is 63.8 Å². The Balaban J connectivity index is 1.45. The highest BCUT2D eigenvalue weighted by molar-refractivity contribution is 7.71. The quantitative estimate of drug-likeness (QED) is 0.577. The fourth-order valence-corrected chi connectivity index (χ4v) is 3.93. The average Bonchev–Trinajstić information content (AvgIpc) is 3.13. The molecule has 3 aromatic rings. The number of likely N-dealkylation sites (N-methyl/N-ethyl adjacent to an activating group) is 1. The number of carbonyl (C=O) groups excluding carboxylic acids is 1. The number of amides is 1. The molecule has 0 spiro atoms. The van der Waals surface area contributed by atoms with Gasteiger partial charge in [-0.15, -0.1) is 0 Å². The number of rotatable bonds is 6. The van der Waals surface area contributed by atoms with Crippen molar-refractivity contribution in [3.05, 3.63) is 58.5 Å². The molecule has 162 valence electrons. The molecule has 1 amide bonds. The van der Waals surface area contributed by atoms with Crippen LogP contribution < -0.4 is 10.2 Å². The molecule has 0 aliphatic carbocycles. The molecule has 0 saturated carbocycles. The van der Waals surface area contributed by atoms with Crippen LogP contribution in [0.1, 0.15) is 11.1 Å². The first-order chi connectivity index (χ1) is 15.0. The van der Waals surface area contributed by atoms with E-state index < -0.39 is 0 Å². The van der Waals surface area contributed by atoms with Crippen molar-refractivity contribution in [2.45, 2.75) is 20.0 Å². The summed E-state index contributed by atoms with van der Waals surface area (Å²) in [5.74, 6) is 1.47. The lowest BCUT2D eigenvalue weighted by molar-refractivity contribution is -0.121. The summed E-state index contributed by atoms with van der Waals surface area (Å²) >= 11 is 5.36. The molecule has 2 aromatic heterocycles. The van der Waals surface area contributed by atoms with Crippen molar-refractivity contribution in [3.63, 3.8) is 0 Å². The molecule has 2 N–H and O–H groups in total. The van der Waals surface area contributed by atoms with Gasteiger partial charge in [0.1, 0.15) is 12.4 Å². The van der Waals surface area contributed by atoms with Crippen molar-refractivity contribution < 1.29 is 4.79 Å². The van der Waals surface area contributed by atoms with Gasteiger partial charge in [-0.05, 0) is 38.3 Å². The Morgan fingerprint density at radius 1 is 1.19 bits per heavy atom. The fourth-order valence-electron chi connectivity index (χ4n) is 3.73. The summed E-state index contributed by atoms with van der Waals surface area (Å²) in [6.07, 6.45) is 1.80. The highest BCUT2D eigenvalue weighted by Gasteiger charge is 2.18. The smallest absolute Gasteiger partial charge is 0.240 e. The number of aromatic amines is 1. The van der Waals surface area contributed by atoms with Crippen molar-refractivity contribution >= 4 is 23.9 Å². The van der Waals surface area contributed by atoms with E-state index >= 15 is 0 Å². The standard InChI is InChI=1S/C22H27N7OS/c1-16-5-3-6-17(13-16)21-25-26-22(31)29(21)15-19(30)24-14-18-7-4-8-23-20(18)28-11-9-27(2)10-12-28/h3-8,13H,9-12,14-15H2,1-2H3,(H,24,30)(H,26,31). The van der Waals surface area contributed by atoms with E-state index in [4.69, 9.17) is 12.2 Å². The van der Waals surface area contributed by atoms with E-state index in [0.29, 0.717) is 17.1 Å². The minimum atomic E-state index is -0.125. The Hall–Kier alpha value is -3.04. The van der Waals surface area contributed by atoms with Crippen molar-refractivity contribution in [2.24, 2.45) is 0 Å². The minimum Gasteiger partial charge on any atom is -0.354 e. The van der Waals surface area contributed by atoms with E-state index in [1.165, 1.54) is 0 Å². The number of anilines is 1. The molecule has 1 aliphatic rings. The van der Waals surface area contributed by atoms with Crippen molar-refractivity contribution in [1.82, 2.24) is 30.0 Å². The maximum absolute atomic E-state index is 12.8. The number of hydrogen-bond donors (Lipinski definition) is 2. The van der Waals surface area contributed by atoms with Crippen LogP contribution in [0.3, 0.4) is 0 Å². The lowest BCUT2D eigenvalue weighted by Crippen LogP contribution is -2.45. The maximum Gasteiger partial charge on any atom is 0.240 e. The number of aromatic nitrogens is 4. The van der Waals surface area contributed by atoms with Crippen LogP contribution >= 0.6 is 12.2 Å². The molecule has 0 atom stereocenters. The molecule has 0 unspecified atom stereocenters. The van der Waals surface area contributed by atoms with E-state index in [2.05, 4.69) is 37.3 Å². The summed E-state index contributed by atoms with van der Waals surface area (Å²) in [6.45, 7) is 6.40. The largest absolute Gasteiger partial charge is 0.354 e. The number of piperazine rings is 1. The highest BCUT2D eigenvalue weighted by atomic mass is 32.1. The molecule has 0 bridgehead atoms. The zero-order chi connectivity index (χ0) is 21.8. The molecular weight excluding hydrogens is 410 g/mol. The normalized spacial score (nSPS) is 14.6. The lowest BCUT2D eigenvalue weighted by atomic mass is 10.1. The van der Waals surface area contributed by atoms with Crippen LogP contribution in [0.4, 0.5) is 5.82 Å². The monoisotopic (exact) mass is 437 g/mol. The van der Waals surface area contributed by atoms with Gasteiger partial charge in [-0.25, -0.2) is 4.98 Å². The van der Waals surface area contributed by atoms with Crippen LogP contribution in [0.2, 0.25) is 0 Å². The van der Waals surface area contributed by atoms with Gasteiger partial charge in [0.2, 0.25) is 5.91 Å². The van der Waals surface area contributed by atoms with Crippen molar-refractivity contribution in [2.75, 3.05) is 38.1 Å². The third-order valence-electron chi connectivity index (χ3n) is 5.48. The van der Waals surface area contributed by atoms with Gasteiger partial charge in [-0.2, -0.15) is 5.10 Å². The van der Waals surface area contributed by atoms with Crippen LogP contribution in [-0.2, 0) is 17.9 Å². The van der Waals surface area contributed by atoms with Gasteiger partial charge in [0, 0.05) is 50.0 Å². The number of benzene rings is 1. The average molecular weight is 438 g/mol.